The summed E-state index contributed by atoms with van der Waals surface area (Å²) in [6.45, 7) is 14.0. The lowest BCUT2D eigenvalue weighted by Gasteiger charge is -2.25. The maximum absolute atomic E-state index is 2.56. The fraction of sp³-hybridized carbons (Fsp3) is 0.714. The van der Waals surface area contributed by atoms with E-state index in [-0.39, 0.29) is 0 Å². The first-order valence-corrected chi connectivity index (χ1v) is 9.30. The Morgan fingerprint density at radius 2 is 1.00 bits per heavy atom. The average molecular weight is 289 g/mol. The first-order chi connectivity index (χ1) is 10.2. The van der Waals surface area contributed by atoms with Gasteiger partial charge in [0.1, 0.15) is 0 Å². The summed E-state index contributed by atoms with van der Waals surface area (Å²) in [4.78, 5) is 0. The topological polar surface area (TPSA) is 0 Å². The molecule has 0 spiro atoms. The van der Waals surface area contributed by atoms with Gasteiger partial charge in [-0.1, -0.05) is 59.7 Å². The van der Waals surface area contributed by atoms with Crippen LogP contribution in [0, 0.1) is 0 Å². The zero-order valence-corrected chi connectivity index (χ0v) is 15.2. The maximum atomic E-state index is 2.56. The molecule has 0 aliphatic heterocycles. The summed E-state index contributed by atoms with van der Waals surface area (Å²) in [5, 5.41) is 0. The molecule has 0 heteroatoms. The van der Waals surface area contributed by atoms with Gasteiger partial charge in [-0.05, 0) is 73.0 Å². The van der Waals surface area contributed by atoms with E-state index in [1.807, 2.05) is 0 Å². The summed E-state index contributed by atoms with van der Waals surface area (Å²) in [5.41, 5.74) is 4.85. The van der Waals surface area contributed by atoms with Crippen LogP contribution in [0.1, 0.15) is 115 Å². The van der Waals surface area contributed by atoms with E-state index in [0.717, 1.165) is 17.8 Å². The van der Waals surface area contributed by atoms with Crippen LogP contribution in [0.2, 0.25) is 0 Å². The Hall–Kier alpha value is -0.780. The van der Waals surface area contributed by atoms with Crippen molar-refractivity contribution in [1.82, 2.24) is 0 Å². The average Bonchev–Trinajstić information content (AvgIpc) is 2.52. The summed E-state index contributed by atoms with van der Waals surface area (Å²) in [6, 6.07) is 7.43. The maximum Gasteiger partial charge on any atom is -0.0164 e. The third-order valence-electron chi connectivity index (χ3n) is 5.42. The molecule has 1 rings (SSSR count). The van der Waals surface area contributed by atoms with E-state index < -0.39 is 0 Å². The molecule has 0 heterocycles. The molecule has 120 valence electrons. The Morgan fingerprint density at radius 3 is 1.43 bits per heavy atom. The van der Waals surface area contributed by atoms with Gasteiger partial charge in [0.25, 0.3) is 0 Å². The third-order valence-corrected chi connectivity index (χ3v) is 5.42. The van der Waals surface area contributed by atoms with Crippen molar-refractivity contribution in [3.05, 3.63) is 34.9 Å². The van der Waals surface area contributed by atoms with Gasteiger partial charge >= 0.3 is 0 Å². The number of rotatable bonds is 9. The zero-order valence-electron chi connectivity index (χ0n) is 15.2. The molecule has 0 unspecified atom stereocenters. The lowest BCUT2D eigenvalue weighted by Crippen LogP contribution is -2.08. The van der Waals surface area contributed by atoms with E-state index >= 15 is 0 Å². The van der Waals surface area contributed by atoms with Crippen molar-refractivity contribution in [3.8, 4) is 0 Å². The molecule has 0 saturated carbocycles. The second-order valence-corrected chi connectivity index (χ2v) is 6.43. The van der Waals surface area contributed by atoms with Crippen molar-refractivity contribution >= 4 is 0 Å². The lowest BCUT2D eigenvalue weighted by atomic mass is 9.80. The monoisotopic (exact) mass is 288 g/mol. The molecule has 0 radical (unpaired) electrons. The highest BCUT2D eigenvalue weighted by Crippen LogP contribution is 2.36. The van der Waals surface area contributed by atoms with Gasteiger partial charge in [-0.3, -0.25) is 0 Å². The van der Waals surface area contributed by atoms with Crippen LogP contribution in [0.3, 0.4) is 0 Å². The molecule has 0 nitrogen and oxygen atoms in total. The van der Waals surface area contributed by atoms with Crippen LogP contribution in [-0.4, -0.2) is 0 Å². The highest BCUT2D eigenvalue weighted by Gasteiger charge is 2.19. The summed E-state index contributed by atoms with van der Waals surface area (Å²) in [7, 11) is 0. The third kappa shape index (κ3) is 4.34. The Balaban J connectivity index is 3.31. The number of hydrogen-bond donors (Lipinski definition) is 0. The molecule has 21 heavy (non-hydrogen) atoms. The van der Waals surface area contributed by atoms with E-state index in [1.165, 1.54) is 38.5 Å². The van der Waals surface area contributed by atoms with Crippen molar-refractivity contribution in [2.75, 3.05) is 0 Å². The van der Waals surface area contributed by atoms with Gasteiger partial charge in [0.05, 0.1) is 0 Å². The Morgan fingerprint density at radius 1 is 0.571 bits per heavy atom. The van der Waals surface area contributed by atoms with Crippen molar-refractivity contribution in [2.45, 2.75) is 97.8 Å². The van der Waals surface area contributed by atoms with Gasteiger partial charge in [-0.2, -0.15) is 0 Å². The summed E-state index contributed by atoms with van der Waals surface area (Å²) < 4.78 is 0. The first kappa shape index (κ1) is 18.3. The van der Waals surface area contributed by atoms with Crippen molar-refractivity contribution in [2.24, 2.45) is 0 Å². The van der Waals surface area contributed by atoms with Crippen LogP contribution in [0.15, 0.2) is 18.2 Å². The van der Waals surface area contributed by atoms with Crippen LogP contribution >= 0.6 is 0 Å². The molecule has 0 aliphatic rings. The Kier molecular flexibility index (Phi) is 8.07. The fourth-order valence-electron chi connectivity index (χ4n) is 3.79. The molecule has 0 saturated heterocycles. The van der Waals surface area contributed by atoms with Crippen LogP contribution in [0.5, 0.6) is 0 Å². The van der Waals surface area contributed by atoms with Gasteiger partial charge in [-0.15, -0.1) is 0 Å². The van der Waals surface area contributed by atoms with Gasteiger partial charge in [0.15, 0.2) is 0 Å². The van der Waals surface area contributed by atoms with Crippen molar-refractivity contribution in [1.29, 1.82) is 0 Å². The Labute approximate surface area is 133 Å². The minimum absolute atomic E-state index is 0.730. The summed E-state index contributed by atoms with van der Waals surface area (Å²) >= 11 is 0. The van der Waals surface area contributed by atoms with Crippen molar-refractivity contribution < 1.29 is 0 Å². The van der Waals surface area contributed by atoms with E-state index in [4.69, 9.17) is 0 Å². The Bertz CT molecular complexity index is 392. The smallest absolute Gasteiger partial charge is 0.0164 e. The molecular weight excluding hydrogens is 252 g/mol. The summed E-state index contributed by atoms with van der Waals surface area (Å²) in [6.07, 6.45) is 7.54. The number of hydrogen-bond acceptors (Lipinski definition) is 0. The van der Waals surface area contributed by atoms with E-state index in [1.54, 1.807) is 16.7 Å². The zero-order chi connectivity index (χ0) is 15.8. The lowest BCUT2D eigenvalue weighted by molar-refractivity contribution is 0.587. The van der Waals surface area contributed by atoms with Gasteiger partial charge in [0.2, 0.25) is 0 Å². The predicted molar refractivity (Wildman–Crippen MR) is 96.4 cm³/mol. The van der Waals surface area contributed by atoms with Gasteiger partial charge in [-0.25, -0.2) is 0 Å². The van der Waals surface area contributed by atoms with Gasteiger partial charge < -0.3 is 0 Å². The molecular formula is C21H36. The molecule has 1 aromatic carbocycles. The predicted octanol–water partition coefficient (Wildman–Crippen LogP) is 7.40. The standard InChI is InChI=1S/C21H36/c1-7-16(8-2)19-13-14-20(17(9-3)10-4)21(15-19)18(11-5)12-6/h13-18H,7-12H2,1-6H3. The summed E-state index contributed by atoms with van der Waals surface area (Å²) in [5.74, 6) is 2.19. The minimum atomic E-state index is 0.730. The molecule has 0 aliphatic carbocycles. The minimum Gasteiger partial charge on any atom is -0.0648 e. The normalized spacial score (nSPS) is 11.9. The van der Waals surface area contributed by atoms with Crippen LogP contribution < -0.4 is 0 Å². The molecule has 0 amide bonds. The molecule has 0 N–H and O–H groups in total. The first-order valence-electron chi connectivity index (χ1n) is 9.30. The van der Waals surface area contributed by atoms with Crippen LogP contribution in [-0.2, 0) is 0 Å². The SMILES string of the molecule is CCC(CC)c1ccc(C(CC)CC)c(C(CC)CC)c1. The largest absolute Gasteiger partial charge is 0.0648 e. The fourth-order valence-corrected chi connectivity index (χ4v) is 3.79. The second-order valence-electron chi connectivity index (χ2n) is 6.43. The molecule has 0 aromatic heterocycles. The quantitative estimate of drug-likeness (QED) is 0.444. The number of benzene rings is 1. The molecule has 0 bridgehead atoms. The highest BCUT2D eigenvalue weighted by molar-refractivity contribution is 5.38. The van der Waals surface area contributed by atoms with Crippen molar-refractivity contribution in [3.63, 3.8) is 0 Å². The van der Waals surface area contributed by atoms with Crippen LogP contribution in [0.4, 0.5) is 0 Å². The van der Waals surface area contributed by atoms with E-state index in [9.17, 15) is 0 Å². The van der Waals surface area contributed by atoms with Crippen LogP contribution in [0.25, 0.3) is 0 Å². The molecule has 1 aromatic rings. The highest BCUT2D eigenvalue weighted by atomic mass is 14.2. The second kappa shape index (κ2) is 9.28. The molecule has 0 fully saturated rings. The van der Waals surface area contributed by atoms with E-state index in [2.05, 4.69) is 59.7 Å². The van der Waals surface area contributed by atoms with E-state index in [0.29, 0.717) is 0 Å². The van der Waals surface area contributed by atoms with Gasteiger partial charge in [0, 0.05) is 0 Å². The molecule has 0 atom stereocenters.